The lowest BCUT2D eigenvalue weighted by Gasteiger charge is -2.13. The average molecular weight is 370 g/mol. The molecule has 1 aliphatic rings. The molecule has 1 aliphatic carbocycles. The number of rotatable bonds is 5. The molecule has 2 heterocycles. The maximum absolute atomic E-state index is 13.1. The molecule has 0 saturated heterocycles. The van der Waals surface area contributed by atoms with Crippen molar-refractivity contribution in [1.82, 2.24) is 9.13 Å². The summed E-state index contributed by atoms with van der Waals surface area (Å²) in [4.78, 5) is 28.3. The first-order chi connectivity index (χ1) is 12.7. The van der Waals surface area contributed by atoms with Gasteiger partial charge in [0.1, 0.15) is 4.83 Å². The maximum atomic E-state index is 13.1. The summed E-state index contributed by atoms with van der Waals surface area (Å²) >= 11 is 1.62. The van der Waals surface area contributed by atoms with Gasteiger partial charge in [0.15, 0.2) is 0 Å². The van der Waals surface area contributed by atoms with E-state index in [1.54, 1.807) is 23.0 Å². The van der Waals surface area contributed by atoms with Crippen molar-refractivity contribution in [1.29, 1.82) is 0 Å². The van der Waals surface area contributed by atoms with Gasteiger partial charge in [-0.3, -0.25) is 13.9 Å². The smallest absolute Gasteiger partial charge is 0.332 e. The number of methoxy groups -OCH3 is 1. The second kappa shape index (κ2) is 7.21. The number of thiophene rings is 1. The zero-order valence-corrected chi connectivity index (χ0v) is 15.7. The Labute approximate surface area is 155 Å². The fraction of sp³-hybridized carbons (Fsp3) is 0.400. The van der Waals surface area contributed by atoms with Crippen molar-refractivity contribution in [3.8, 4) is 0 Å². The molecule has 0 bridgehead atoms. The first-order valence-electron chi connectivity index (χ1n) is 9.01. The van der Waals surface area contributed by atoms with Crippen molar-refractivity contribution in [3.63, 3.8) is 0 Å². The summed E-state index contributed by atoms with van der Waals surface area (Å²) < 4.78 is 8.23. The van der Waals surface area contributed by atoms with E-state index in [0.717, 1.165) is 47.0 Å². The third-order valence-corrected chi connectivity index (χ3v) is 6.34. The predicted octanol–water partition coefficient (Wildman–Crippen LogP) is 2.80. The van der Waals surface area contributed by atoms with Gasteiger partial charge in [0.25, 0.3) is 5.56 Å². The SMILES string of the molecule is COCCn1c(=O)c2c3c(sc2n(Cc2ccccc2)c1=O)CCCC3. The van der Waals surface area contributed by atoms with Crippen molar-refractivity contribution in [3.05, 3.63) is 67.2 Å². The molecule has 2 aromatic heterocycles. The van der Waals surface area contributed by atoms with E-state index in [4.69, 9.17) is 4.74 Å². The van der Waals surface area contributed by atoms with Gasteiger partial charge >= 0.3 is 5.69 Å². The lowest BCUT2D eigenvalue weighted by Crippen LogP contribution is -2.41. The van der Waals surface area contributed by atoms with Crippen LogP contribution in [0.5, 0.6) is 0 Å². The standard InChI is InChI=1S/C20H22N2O3S/c1-25-12-11-21-18(23)17-15-9-5-6-10-16(15)26-19(17)22(20(21)24)13-14-7-3-2-4-8-14/h2-4,7-8H,5-6,9-13H2,1H3. The molecule has 0 unspecified atom stereocenters. The predicted molar refractivity (Wildman–Crippen MR) is 104 cm³/mol. The van der Waals surface area contributed by atoms with Crippen LogP contribution in [-0.2, 0) is 30.7 Å². The summed E-state index contributed by atoms with van der Waals surface area (Å²) in [5.41, 5.74) is 1.81. The molecule has 0 spiro atoms. The fourth-order valence-corrected chi connectivity index (χ4v) is 5.07. The number of ether oxygens (including phenoxy) is 1. The average Bonchev–Trinajstić information content (AvgIpc) is 3.05. The Morgan fingerprint density at radius 3 is 2.62 bits per heavy atom. The molecule has 0 aliphatic heterocycles. The van der Waals surface area contributed by atoms with Crippen LogP contribution in [0.25, 0.3) is 10.2 Å². The number of benzene rings is 1. The Morgan fingerprint density at radius 2 is 1.85 bits per heavy atom. The van der Waals surface area contributed by atoms with Crippen molar-refractivity contribution >= 4 is 21.6 Å². The van der Waals surface area contributed by atoms with E-state index in [2.05, 4.69) is 0 Å². The van der Waals surface area contributed by atoms with Gasteiger partial charge in [-0.1, -0.05) is 30.3 Å². The third-order valence-electron chi connectivity index (χ3n) is 5.02. The summed E-state index contributed by atoms with van der Waals surface area (Å²) in [6, 6.07) is 9.92. The summed E-state index contributed by atoms with van der Waals surface area (Å²) in [5, 5.41) is 0.747. The number of fused-ring (bicyclic) bond motifs is 3. The highest BCUT2D eigenvalue weighted by Gasteiger charge is 2.23. The monoisotopic (exact) mass is 370 g/mol. The van der Waals surface area contributed by atoms with Gasteiger partial charge in [-0.2, -0.15) is 0 Å². The minimum atomic E-state index is -0.248. The molecule has 1 aromatic carbocycles. The van der Waals surface area contributed by atoms with E-state index >= 15 is 0 Å². The lowest BCUT2D eigenvalue weighted by molar-refractivity contribution is 0.184. The van der Waals surface area contributed by atoms with Crippen LogP contribution in [0.2, 0.25) is 0 Å². The molecular formula is C20H22N2O3S. The molecule has 6 heteroatoms. The molecule has 0 atom stereocenters. The van der Waals surface area contributed by atoms with Crippen LogP contribution in [0, 0.1) is 0 Å². The summed E-state index contributed by atoms with van der Waals surface area (Å²) in [6.07, 6.45) is 4.19. The van der Waals surface area contributed by atoms with Crippen molar-refractivity contribution in [2.75, 3.05) is 13.7 Å². The molecule has 136 valence electrons. The third kappa shape index (κ3) is 2.93. The number of hydrogen-bond donors (Lipinski definition) is 0. The van der Waals surface area contributed by atoms with Gasteiger partial charge in [0, 0.05) is 12.0 Å². The lowest BCUT2D eigenvalue weighted by atomic mass is 9.97. The topological polar surface area (TPSA) is 53.2 Å². The molecule has 0 radical (unpaired) electrons. The zero-order chi connectivity index (χ0) is 18.1. The maximum Gasteiger partial charge on any atom is 0.332 e. The molecule has 0 N–H and O–H groups in total. The van der Waals surface area contributed by atoms with Crippen LogP contribution in [0.4, 0.5) is 0 Å². The van der Waals surface area contributed by atoms with Crippen LogP contribution in [0.1, 0.15) is 28.8 Å². The van der Waals surface area contributed by atoms with Gasteiger partial charge in [-0.05, 0) is 36.8 Å². The van der Waals surface area contributed by atoms with Crippen LogP contribution in [0.15, 0.2) is 39.9 Å². The van der Waals surface area contributed by atoms with Crippen LogP contribution < -0.4 is 11.2 Å². The number of aryl methyl sites for hydroxylation is 2. The summed E-state index contributed by atoms with van der Waals surface area (Å²) in [5.74, 6) is 0. The fourth-order valence-electron chi connectivity index (χ4n) is 3.70. The number of nitrogens with zero attached hydrogens (tertiary/aromatic N) is 2. The Hall–Kier alpha value is -2.18. The van der Waals surface area contributed by atoms with Crippen LogP contribution >= 0.6 is 11.3 Å². The van der Waals surface area contributed by atoms with Crippen molar-refractivity contribution < 1.29 is 4.74 Å². The molecule has 3 aromatic rings. The highest BCUT2D eigenvalue weighted by atomic mass is 32.1. The van der Waals surface area contributed by atoms with Crippen molar-refractivity contribution in [2.24, 2.45) is 0 Å². The Bertz CT molecular complexity index is 1050. The van der Waals surface area contributed by atoms with E-state index < -0.39 is 0 Å². The van der Waals surface area contributed by atoms with Gasteiger partial charge in [-0.15, -0.1) is 11.3 Å². The second-order valence-corrected chi connectivity index (χ2v) is 7.78. The molecule has 26 heavy (non-hydrogen) atoms. The van der Waals surface area contributed by atoms with Crippen LogP contribution in [-0.4, -0.2) is 22.9 Å². The molecule has 5 nitrogen and oxygen atoms in total. The van der Waals surface area contributed by atoms with E-state index in [1.165, 1.54) is 9.44 Å². The van der Waals surface area contributed by atoms with Gasteiger partial charge < -0.3 is 4.74 Å². The van der Waals surface area contributed by atoms with E-state index in [1.807, 2.05) is 30.3 Å². The molecular weight excluding hydrogens is 348 g/mol. The normalized spacial score (nSPS) is 13.9. The summed E-state index contributed by atoms with van der Waals surface area (Å²) in [6.45, 7) is 1.10. The zero-order valence-electron chi connectivity index (χ0n) is 14.9. The molecule has 0 amide bonds. The highest BCUT2D eigenvalue weighted by Crippen LogP contribution is 2.34. The van der Waals surface area contributed by atoms with Gasteiger partial charge in [-0.25, -0.2) is 4.79 Å². The first kappa shape index (κ1) is 17.2. The number of hydrogen-bond acceptors (Lipinski definition) is 4. The minimum absolute atomic E-state index is 0.161. The van der Waals surface area contributed by atoms with E-state index in [0.29, 0.717) is 13.2 Å². The van der Waals surface area contributed by atoms with E-state index in [-0.39, 0.29) is 17.8 Å². The van der Waals surface area contributed by atoms with Gasteiger partial charge in [0.2, 0.25) is 0 Å². The van der Waals surface area contributed by atoms with Gasteiger partial charge in [0.05, 0.1) is 25.1 Å². The highest BCUT2D eigenvalue weighted by molar-refractivity contribution is 7.18. The van der Waals surface area contributed by atoms with Crippen LogP contribution in [0.3, 0.4) is 0 Å². The molecule has 0 fully saturated rings. The Kier molecular flexibility index (Phi) is 4.78. The Balaban J connectivity index is 1.97. The molecule has 4 rings (SSSR count). The van der Waals surface area contributed by atoms with Crippen molar-refractivity contribution in [2.45, 2.75) is 38.8 Å². The molecule has 0 saturated carbocycles. The number of aromatic nitrogens is 2. The Morgan fingerprint density at radius 1 is 1.08 bits per heavy atom. The first-order valence-corrected chi connectivity index (χ1v) is 9.83. The quantitative estimate of drug-likeness (QED) is 0.694. The van der Waals surface area contributed by atoms with E-state index in [9.17, 15) is 9.59 Å². The largest absolute Gasteiger partial charge is 0.383 e. The minimum Gasteiger partial charge on any atom is -0.383 e. The summed E-state index contributed by atoms with van der Waals surface area (Å²) in [7, 11) is 1.58. The second-order valence-electron chi connectivity index (χ2n) is 6.69.